The highest BCUT2D eigenvalue weighted by molar-refractivity contribution is 6.03. The number of benzene rings is 1. The number of nitrogens with two attached hydrogens (primary N) is 2. The van der Waals surface area contributed by atoms with Crippen LogP contribution in [0.4, 0.5) is 0 Å². The molecule has 1 aromatic carbocycles. The zero-order valence-electron chi connectivity index (χ0n) is 77.4. The fourth-order valence-corrected chi connectivity index (χ4v) is 15.2. The van der Waals surface area contributed by atoms with Gasteiger partial charge < -0.3 is 162 Å². The van der Waals surface area contributed by atoms with Gasteiger partial charge in [-0.3, -0.25) is 71.9 Å². The van der Waals surface area contributed by atoms with E-state index in [0.717, 1.165) is 127 Å². The average molecular weight is 1910 g/mol. The molecule has 48 heteroatoms. The standard InChI is InChI=1S/C86H136N12O36/c1-13-15-16-17-18-19-20-21-22-23-24-28-57(131-85-70(114)71(56(108)39-125-85)134-84-65(90-45(7)102)69(113)67(111)58(38-99)132-84)68(112)82(122)96-63(42(4)101)79(119)97-64-43(5)126-83(123)54(27-25-26-35-87)93-81(121)66(44(6)127-86-74(130-49(11)106)73(129-48(10)105)72(128-47(9)104)59(133-86)40-124-46(8)103)98(12)61(110)37-89-75(115)53(33-34-60(88)109)92-76(116)52(14-2)91-77(117)55(36-50-29-31-51(107)32-30-50)94-78(118)62(41(3)100)95-80(64)120/h14,29-32,41-44,53-59,62-74,84-86,99-101,107-108,111-114H,13,15-28,33-40,87H2,1-12H3,(H2,88,109)(H,89,115)(H,90,102)(H,91,117)(H,92,116)(H,93,121)(H,94,118)(H,95,120)(H,96,122)(H,97,119). The minimum absolute atomic E-state index is 0.0469. The maximum absolute atomic E-state index is 15.6. The number of nitrogens with one attached hydrogen (secondary N) is 9. The van der Waals surface area contributed by atoms with Crippen LogP contribution in [0, 0.1) is 0 Å². The number of phenolic OH excluding ortho intramolecular Hbond substituents is 1. The van der Waals surface area contributed by atoms with Crippen LogP contribution in [-0.2, 0) is 135 Å². The third-order valence-electron chi connectivity index (χ3n) is 22.4. The number of carbonyl (C=O) groups excluding carboxylic acids is 16. The van der Waals surface area contributed by atoms with Gasteiger partial charge >= 0.3 is 29.8 Å². The van der Waals surface area contributed by atoms with E-state index in [2.05, 4.69) is 54.8 Å². The number of cyclic esters (lactones) is 1. The fourth-order valence-electron chi connectivity index (χ4n) is 15.2. The molecule has 0 bridgehead atoms. The van der Waals surface area contributed by atoms with Gasteiger partial charge in [-0.1, -0.05) is 95.8 Å². The Morgan fingerprint density at radius 3 is 1.80 bits per heavy atom. The van der Waals surface area contributed by atoms with Crippen molar-refractivity contribution in [3.63, 3.8) is 0 Å². The largest absolute Gasteiger partial charge is 0.508 e. The molecule has 0 aromatic heterocycles. The summed E-state index contributed by atoms with van der Waals surface area (Å²) in [5, 5.41) is 122. The van der Waals surface area contributed by atoms with Crippen molar-refractivity contribution in [2.45, 2.75) is 357 Å². The van der Waals surface area contributed by atoms with Gasteiger partial charge in [-0.15, -0.1) is 0 Å². The van der Waals surface area contributed by atoms with Crippen molar-refractivity contribution in [1.29, 1.82) is 0 Å². The minimum Gasteiger partial charge on any atom is -0.508 e. The summed E-state index contributed by atoms with van der Waals surface area (Å²) < 4.78 is 64.0. The second-order valence-corrected chi connectivity index (χ2v) is 33.4. The van der Waals surface area contributed by atoms with Crippen LogP contribution in [-0.4, -0.2) is 351 Å². The SMILES string of the molecule is CC=C1NC(=O)C(Cc2ccc(O)cc2)NC(=O)C(C(C)O)NC(=O)C(NC(=O)C(NC(=O)C(O)C(CCCCCCCCCCCCC)OC2OCC(O)C(OC3OC(CO)C(O)C(O)C3NC(C)=O)C2O)C(C)O)C(C)OC(=O)C(CCCCN)NC(=O)C(C(C)OC2OC(COC(C)=O)C(OC(C)=O)C(OC(C)=O)C2OC(C)=O)N(C)C(=O)CNC(=O)C(CCC(N)=O)NC1=O. The van der Waals surface area contributed by atoms with Gasteiger partial charge in [0.25, 0.3) is 11.8 Å². The summed E-state index contributed by atoms with van der Waals surface area (Å²) >= 11 is 0. The number of unbranched alkanes of at least 4 members (excludes halogenated alkanes) is 11. The van der Waals surface area contributed by atoms with E-state index >= 15 is 19.2 Å². The first-order valence-corrected chi connectivity index (χ1v) is 44.8. The molecule has 5 rings (SSSR count). The van der Waals surface area contributed by atoms with Crippen LogP contribution < -0.4 is 59.3 Å². The Labute approximate surface area is 774 Å². The van der Waals surface area contributed by atoms with Crippen LogP contribution in [0.2, 0.25) is 0 Å². The van der Waals surface area contributed by atoms with Gasteiger partial charge in [-0.25, -0.2) is 4.79 Å². The molecule has 4 aliphatic heterocycles. The Balaban J connectivity index is 1.68. The van der Waals surface area contributed by atoms with E-state index in [-0.39, 0.29) is 43.5 Å². The van der Waals surface area contributed by atoms with Crippen LogP contribution in [0.1, 0.15) is 191 Å². The lowest BCUT2D eigenvalue weighted by Crippen LogP contribution is -2.67. The minimum atomic E-state index is -2.41. The van der Waals surface area contributed by atoms with Crippen molar-refractivity contribution in [3.8, 4) is 5.75 Å². The zero-order chi connectivity index (χ0) is 100. The highest BCUT2D eigenvalue weighted by Gasteiger charge is 2.56. The van der Waals surface area contributed by atoms with E-state index in [4.69, 9.17) is 63.6 Å². The lowest BCUT2D eigenvalue weighted by molar-refractivity contribution is -0.339. The molecular formula is C86H136N12O36. The number of rotatable bonds is 42. The molecule has 1 aromatic rings. The molecule has 0 spiro atoms. The molecule has 4 fully saturated rings. The van der Waals surface area contributed by atoms with Crippen molar-refractivity contribution in [1.82, 2.24) is 52.8 Å². The number of hydrogen-bond acceptors (Lipinski definition) is 37. The predicted octanol–water partition coefficient (Wildman–Crippen LogP) is -5.75. The van der Waals surface area contributed by atoms with Gasteiger partial charge in [0.1, 0.15) is 115 Å². The predicted molar refractivity (Wildman–Crippen MR) is 462 cm³/mol. The Bertz CT molecular complexity index is 4090. The van der Waals surface area contributed by atoms with Gasteiger partial charge in [-0.05, 0) is 91.0 Å². The zero-order valence-corrected chi connectivity index (χ0v) is 77.4. The summed E-state index contributed by atoms with van der Waals surface area (Å²) in [6, 6.07) is -11.2. The number of nitrogens with zero attached hydrogens (tertiary/aromatic N) is 1. The van der Waals surface area contributed by atoms with Crippen LogP contribution in [0.5, 0.6) is 5.75 Å². The molecule has 48 nitrogen and oxygen atoms in total. The third kappa shape index (κ3) is 36.1. The highest BCUT2D eigenvalue weighted by Crippen LogP contribution is 2.34. The number of carbonyl (C=O) groups is 16. The molecular weight excluding hydrogens is 1780 g/mol. The second-order valence-electron chi connectivity index (χ2n) is 33.4. The monoisotopic (exact) mass is 1910 g/mol. The van der Waals surface area contributed by atoms with Crippen molar-refractivity contribution in [2.24, 2.45) is 11.5 Å². The topological polar surface area (TPSA) is 720 Å². The normalized spacial score (nSPS) is 29.0. The number of primary amides is 1. The maximum atomic E-state index is 15.6. The number of likely N-dealkylation sites (N-methyl/N-ethyl adjacent to an activating group) is 1. The van der Waals surface area contributed by atoms with Gasteiger partial charge in [0.15, 0.2) is 43.3 Å². The van der Waals surface area contributed by atoms with Gasteiger partial charge in [-0.2, -0.15) is 0 Å². The smallest absolute Gasteiger partial charge is 0.328 e. The van der Waals surface area contributed by atoms with Crippen LogP contribution in [0.3, 0.4) is 0 Å². The van der Waals surface area contributed by atoms with E-state index in [1.807, 2.05) is 0 Å². The summed E-state index contributed by atoms with van der Waals surface area (Å²) in [5.74, 6) is -19.8. The first-order chi connectivity index (χ1) is 63.3. The maximum Gasteiger partial charge on any atom is 0.328 e. The Morgan fingerprint density at radius 1 is 0.634 bits per heavy atom. The lowest BCUT2D eigenvalue weighted by atomic mass is 9.96. The summed E-state index contributed by atoms with van der Waals surface area (Å²) in [6.07, 6.45) is -28.0. The summed E-state index contributed by atoms with van der Waals surface area (Å²) in [6.45, 7) is 8.76. The van der Waals surface area contributed by atoms with Gasteiger partial charge in [0.05, 0.1) is 44.2 Å². The number of aliphatic hydroxyl groups excluding tert-OH is 8. The molecule has 0 radical (unpaired) electrons. The molecule has 4 saturated heterocycles. The quantitative estimate of drug-likeness (QED) is 0.0126. The van der Waals surface area contributed by atoms with Crippen molar-refractivity contribution in [2.75, 3.05) is 40.0 Å². The van der Waals surface area contributed by atoms with E-state index in [1.54, 1.807) is 0 Å². The Hall–Kier alpha value is -10.3. The molecule has 0 saturated carbocycles. The number of esters is 5. The fraction of sp³-hybridized carbons (Fsp3) is 0.721. The Kier molecular flexibility index (Phi) is 48.5. The second kappa shape index (κ2) is 56.9. The lowest BCUT2D eigenvalue weighted by Gasteiger charge is -2.46. The van der Waals surface area contributed by atoms with Crippen molar-refractivity contribution in [3.05, 3.63) is 41.6 Å². The van der Waals surface area contributed by atoms with Crippen molar-refractivity contribution >= 4 is 94.8 Å². The number of ether oxygens (including phenoxy) is 11. The molecule has 756 valence electrons. The van der Waals surface area contributed by atoms with Crippen LogP contribution in [0.25, 0.3) is 0 Å². The van der Waals surface area contributed by atoms with Crippen LogP contribution >= 0.6 is 0 Å². The first kappa shape index (κ1) is 114. The van der Waals surface area contributed by atoms with Crippen LogP contribution in [0.15, 0.2) is 36.0 Å². The first-order valence-electron chi connectivity index (χ1n) is 44.8. The molecule has 0 aliphatic carbocycles. The highest BCUT2D eigenvalue weighted by atomic mass is 16.8. The number of aliphatic hydroxyl groups is 8. The Morgan fingerprint density at radius 2 is 1.23 bits per heavy atom. The van der Waals surface area contributed by atoms with Gasteiger partial charge in [0.2, 0.25) is 53.2 Å². The molecule has 22 N–H and O–H groups in total. The average Bonchev–Trinajstić information content (AvgIpc) is 0.777. The molecule has 11 amide bonds. The summed E-state index contributed by atoms with van der Waals surface area (Å²) in [5.41, 5.74) is 11.0. The summed E-state index contributed by atoms with van der Waals surface area (Å²) in [4.78, 5) is 226. The van der Waals surface area contributed by atoms with E-state index in [9.17, 15) is 103 Å². The number of allylic oxidation sites excluding steroid dienone is 1. The van der Waals surface area contributed by atoms with E-state index in [1.165, 1.54) is 31.2 Å². The molecule has 27 atom stereocenters. The number of amides is 11. The number of phenols is 1. The summed E-state index contributed by atoms with van der Waals surface area (Å²) in [7, 11) is 0.987. The van der Waals surface area contributed by atoms with E-state index < -0.39 is 317 Å². The third-order valence-corrected chi connectivity index (χ3v) is 22.4. The van der Waals surface area contributed by atoms with E-state index in [0.29, 0.717) is 17.7 Å². The number of hydrogen-bond donors (Lipinski definition) is 20. The van der Waals surface area contributed by atoms with Gasteiger partial charge in [0, 0.05) is 54.5 Å². The molecule has 4 heterocycles. The number of aromatic hydroxyl groups is 1. The molecule has 27 unspecified atom stereocenters. The molecule has 134 heavy (non-hydrogen) atoms. The van der Waals surface area contributed by atoms with Crippen molar-refractivity contribution < 1.29 is 175 Å². The molecule has 4 aliphatic rings.